The number of nitrogens with two attached hydrogens (primary N) is 1. The van der Waals surface area contributed by atoms with Gasteiger partial charge >= 0.3 is 5.97 Å². The van der Waals surface area contributed by atoms with Crippen molar-refractivity contribution in [2.24, 2.45) is 0 Å². The van der Waals surface area contributed by atoms with Gasteiger partial charge in [0.2, 0.25) is 5.91 Å². The first-order chi connectivity index (χ1) is 12.9. The fraction of sp³-hybridized carbons (Fsp3) is 0.333. The molecule has 0 aromatic carbocycles. The molecule has 1 fully saturated rings. The number of β-lactam (4-membered cyclic amide) rings is 1. The number of hydrogen-bond donors (Lipinski definition) is 4. The highest BCUT2D eigenvalue weighted by atomic mass is 32.2. The van der Waals surface area contributed by atoms with Crippen molar-refractivity contribution in [2.75, 3.05) is 18.6 Å². The Balaban J connectivity index is 1.76. The minimum absolute atomic E-state index is 0.0944. The van der Waals surface area contributed by atoms with Crippen LogP contribution >= 0.6 is 23.1 Å². The van der Waals surface area contributed by atoms with Crippen LogP contribution in [0.5, 0.6) is 0 Å². The van der Waals surface area contributed by atoms with E-state index < -0.39 is 35.2 Å². The Labute approximate surface area is 162 Å². The Hall–Kier alpha value is -2.41. The Kier molecular flexibility index (Phi) is 5.51. The molecule has 2 aliphatic heterocycles. The number of rotatable bonds is 7. The zero-order valence-electron chi connectivity index (χ0n) is 14.2. The molecule has 3 atom stereocenters. The van der Waals surface area contributed by atoms with Gasteiger partial charge < -0.3 is 21.0 Å². The summed E-state index contributed by atoms with van der Waals surface area (Å²) in [6.45, 7) is 3.59. The van der Waals surface area contributed by atoms with Crippen molar-refractivity contribution >= 4 is 46.0 Å². The van der Waals surface area contributed by atoms with Crippen LogP contribution in [0.1, 0.15) is 11.7 Å². The molecule has 2 amide bonds. The summed E-state index contributed by atoms with van der Waals surface area (Å²) < 4.78 is 0. The van der Waals surface area contributed by atoms with E-state index in [1.807, 2.05) is 0 Å². The van der Waals surface area contributed by atoms with E-state index in [0.717, 1.165) is 0 Å². The number of nitrogens with one attached hydrogen (secondary N) is 2. The zero-order valence-corrected chi connectivity index (χ0v) is 15.8. The molecule has 0 radical (unpaired) electrons. The smallest absolute Gasteiger partial charge is 0.352 e. The van der Waals surface area contributed by atoms with Crippen LogP contribution in [0.4, 0.5) is 5.13 Å². The van der Waals surface area contributed by atoms with Crippen molar-refractivity contribution in [3.8, 4) is 0 Å². The van der Waals surface area contributed by atoms with Gasteiger partial charge in [0.1, 0.15) is 17.1 Å². The number of thioether (sulfide) groups is 1. The normalized spacial score (nSPS) is 22.7. The number of allylic oxidation sites excluding steroid dienone is 1. The third-order valence-electron chi connectivity index (χ3n) is 4.08. The van der Waals surface area contributed by atoms with Crippen LogP contribution in [0.15, 0.2) is 29.3 Å². The van der Waals surface area contributed by atoms with Gasteiger partial charge in [-0.25, -0.2) is 9.78 Å². The van der Waals surface area contributed by atoms with Gasteiger partial charge in [0, 0.05) is 11.1 Å². The van der Waals surface area contributed by atoms with Crippen LogP contribution in [0.2, 0.25) is 0 Å². The maximum absolute atomic E-state index is 12.6. The zero-order chi connectivity index (χ0) is 19.7. The second kappa shape index (κ2) is 7.68. The highest BCUT2D eigenvalue weighted by Gasteiger charge is 2.54. The molecule has 1 saturated heterocycles. The lowest BCUT2D eigenvalue weighted by Crippen LogP contribution is -2.71. The number of carboxylic acids is 1. The molecule has 10 nitrogen and oxygen atoms in total. The highest BCUT2D eigenvalue weighted by molar-refractivity contribution is 8.00. The number of hydroxylamine groups is 1. The molecule has 12 heteroatoms. The number of aromatic nitrogens is 1. The number of carboxylic acid groups (broad SMARTS) is 1. The lowest BCUT2D eigenvalue weighted by atomic mass is 10.0. The third kappa shape index (κ3) is 3.43. The van der Waals surface area contributed by atoms with Gasteiger partial charge in [0.25, 0.3) is 5.91 Å². The number of amides is 2. The summed E-state index contributed by atoms with van der Waals surface area (Å²) in [7, 11) is 1.35. The molecule has 0 aliphatic carbocycles. The van der Waals surface area contributed by atoms with E-state index in [9.17, 15) is 19.5 Å². The molecule has 2 aliphatic rings. The highest BCUT2D eigenvalue weighted by Crippen LogP contribution is 2.40. The molecule has 0 saturated carbocycles. The van der Waals surface area contributed by atoms with Crippen LogP contribution in [0, 0.1) is 0 Å². The molecule has 1 aromatic rings. The Morgan fingerprint density at radius 3 is 2.89 bits per heavy atom. The van der Waals surface area contributed by atoms with E-state index in [1.165, 1.54) is 41.2 Å². The van der Waals surface area contributed by atoms with E-state index in [-0.39, 0.29) is 5.70 Å². The van der Waals surface area contributed by atoms with Crippen LogP contribution in [0.25, 0.3) is 0 Å². The number of carbonyl (C=O) groups excluding carboxylic acids is 2. The summed E-state index contributed by atoms with van der Waals surface area (Å²) in [6.07, 6.45) is 1.43. The molecule has 144 valence electrons. The van der Waals surface area contributed by atoms with Gasteiger partial charge in [-0.15, -0.1) is 23.1 Å². The molecule has 2 unspecified atom stereocenters. The first-order valence-corrected chi connectivity index (χ1v) is 9.65. The molecular weight excluding hydrogens is 394 g/mol. The Bertz CT molecular complexity index is 838. The molecule has 1 aromatic heterocycles. The van der Waals surface area contributed by atoms with E-state index >= 15 is 0 Å². The van der Waals surface area contributed by atoms with Crippen LogP contribution < -0.4 is 16.5 Å². The second-order valence-electron chi connectivity index (χ2n) is 5.64. The molecule has 5 N–H and O–H groups in total. The lowest BCUT2D eigenvalue weighted by molar-refractivity contribution is -0.151. The van der Waals surface area contributed by atoms with Crippen molar-refractivity contribution in [3.05, 3.63) is 35.0 Å². The Morgan fingerprint density at radius 1 is 1.59 bits per heavy atom. The van der Waals surface area contributed by atoms with Crippen LogP contribution in [-0.4, -0.2) is 57.1 Å². The fourth-order valence-corrected chi connectivity index (χ4v) is 4.76. The summed E-state index contributed by atoms with van der Waals surface area (Å²) in [5, 5.41) is 13.5. The molecular formula is C15H17N5O5S2. The summed E-state index contributed by atoms with van der Waals surface area (Å²) in [5.74, 6) is -1.85. The topological polar surface area (TPSA) is 147 Å². The van der Waals surface area contributed by atoms with Gasteiger partial charge in [-0.2, -0.15) is 5.48 Å². The quantitative estimate of drug-likeness (QED) is 0.355. The molecule has 0 spiro atoms. The number of nitrogens with zero attached hydrogens (tertiary/aromatic N) is 2. The van der Waals surface area contributed by atoms with E-state index in [1.54, 1.807) is 5.38 Å². The van der Waals surface area contributed by atoms with Gasteiger partial charge in [-0.05, 0) is 5.57 Å². The van der Waals surface area contributed by atoms with Crippen molar-refractivity contribution in [1.29, 1.82) is 0 Å². The number of hydrogen-bond acceptors (Lipinski definition) is 9. The minimum atomic E-state index is -1.20. The van der Waals surface area contributed by atoms with Crippen LogP contribution in [0.3, 0.4) is 0 Å². The SMILES string of the molecule is C=CC1=C(C(=O)O)N2C(=O)C(NC(=O)C(NOC)c3csc(N)n3)[C@@H]2SC1. The van der Waals surface area contributed by atoms with E-state index in [0.29, 0.717) is 22.2 Å². The monoisotopic (exact) mass is 411 g/mol. The Morgan fingerprint density at radius 2 is 2.33 bits per heavy atom. The predicted octanol–water partition coefficient (Wildman–Crippen LogP) is -0.158. The number of thiazole rings is 1. The van der Waals surface area contributed by atoms with E-state index in [2.05, 4.69) is 22.4 Å². The summed E-state index contributed by atoms with van der Waals surface area (Å²) >= 11 is 2.53. The summed E-state index contributed by atoms with van der Waals surface area (Å²) in [4.78, 5) is 46.8. The summed E-state index contributed by atoms with van der Waals surface area (Å²) in [5.41, 5.74) is 8.86. The number of aliphatic carboxylic acids is 1. The first kappa shape index (κ1) is 19.4. The minimum Gasteiger partial charge on any atom is -0.477 e. The maximum atomic E-state index is 12.6. The standard InChI is InChI=1S/C15H17N5O5S2/c1-3-6-4-26-13-9(12(22)20(13)10(6)14(23)24)18-11(21)8(19-25-2)7-5-27-15(16)17-7/h3,5,8-9,13,19H,1,4H2,2H3,(H2,16,17)(H,18,21)(H,23,24)/t8?,9?,13-/m0/s1. The van der Waals surface area contributed by atoms with Crippen LogP contribution in [-0.2, 0) is 19.2 Å². The summed E-state index contributed by atoms with van der Waals surface area (Å²) in [6, 6.07) is -1.81. The van der Waals surface area contributed by atoms with Crippen molar-refractivity contribution in [3.63, 3.8) is 0 Å². The lowest BCUT2D eigenvalue weighted by Gasteiger charge is -2.49. The molecule has 3 heterocycles. The predicted molar refractivity (Wildman–Crippen MR) is 99.3 cm³/mol. The molecule has 0 bridgehead atoms. The average molecular weight is 411 g/mol. The van der Waals surface area contributed by atoms with Gasteiger partial charge in [-0.1, -0.05) is 12.7 Å². The number of fused-ring (bicyclic) bond motifs is 1. The van der Waals surface area contributed by atoms with Gasteiger partial charge in [0.15, 0.2) is 11.2 Å². The fourth-order valence-electron chi connectivity index (χ4n) is 2.84. The van der Waals surface area contributed by atoms with E-state index in [4.69, 9.17) is 10.6 Å². The number of carbonyl (C=O) groups is 3. The number of nitrogen functional groups attached to an aromatic ring is 1. The largest absolute Gasteiger partial charge is 0.477 e. The van der Waals surface area contributed by atoms with Gasteiger partial charge in [-0.3, -0.25) is 14.5 Å². The van der Waals surface area contributed by atoms with Crippen molar-refractivity contribution < 1.29 is 24.3 Å². The molecule has 3 rings (SSSR count). The molecule has 27 heavy (non-hydrogen) atoms. The maximum Gasteiger partial charge on any atom is 0.352 e. The van der Waals surface area contributed by atoms with Crippen molar-refractivity contribution in [1.82, 2.24) is 20.7 Å². The van der Waals surface area contributed by atoms with Crippen molar-refractivity contribution in [2.45, 2.75) is 17.5 Å². The first-order valence-electron chi connectivity index (χ1n) is 7.72. The number of anilines is 1. The second-order valence-corrected chi connectivity index (χ2v) is 7.64. The average Bonchev–Trinajstić information content (AvgIpc) is 3.08. The third-order valence-corrected chi connectivity index (χ3v) is 6.07. The van der Waals surface area contributed by atoms with Gasteiger partial charge in [0.05, 0.1) is 12.8 Å².